The summed E-state index contributed by atoms with van der Waals surface area (Å²) >= 11 is 0. The number of rotatable bonds is 1. The monoisotopic (exact) mass is 219 g/mol. The number of aromatic nitrogens is 2. The minimum atomic E-state index is -0.184. The van der Waals surface area contributed by atoms with Crippen molar-refractivity contribution in [1.82, 2.24) is 9.97 Å². The van der Waals surface area contributed by atoms with Gasteiger partial charge in [-0.15, -0.1) is 0 Å². The molecule has 0 aliphatic rings. The summed E-state index contributed by atoms with van der Waals surface area (Å²) in [5.74, 6) is 0. The van der Waals surface area contributed by atoms with Crippen molar-refractivity contribution in [3.63, 3.8) is 0 Å². The van der Waals surface area contributed by atoms with Gasteiger partial charge in [-0.25, -0.2) is 4.79 Å². The van der Waals surface area contributed by atoms with Crippen LogP contribution in [-0.2, 0) is 0 Å². The highest BCUT2D eigenvalue weighted by atomic mass is 16.1. The van der Waals surface area contributed by atoms with Crippen molar-refractivity contribution >= 4 is 11.0 Å². The van der Waals surface area contributed by atoms with Crippen molar-refractivity contribution in [3.05, 3.63) is 34.2 Å². The molecule has 0 fully saturated rings. The lowest BCUT2D eigenvalue weighted by Crippen LogP contribution is -2.26. The van der Waals surface area contributed by atoms with Gasteiger partial charge in [-0.3, -0.25) is 0 Å². The summed E-state index contributed by atoms with van der Waals surface area (Å²) in [5.41, 5.74) is 8.65. The number of benzene rings is 1. The maximum atomic E-state index is 11.1. The second-order valence-corrected chi connectivity index (χ2v) is 5.23. The highest BCUT2D eigenvalue weighted by Crippen LogP contribution is 2.31. The maximum Gasteiger partial charge on any atom is 0.323 e. The number of nitrogens with two attached hydrogens (primary N) is 1. The fourth-order valence-electron chi connectivity index (χ4n) is 1.74. The van der Waals surface area contributed by atoms with Crippen molar-refractivity contribution in [2.45, 2.75) is 26.8 Å². The predicted molar refractivity (Wildman–Crippen MR) is 65.3 cm³/mol. The summed E-state index contributed by atoms with van der Waals surface area (Å²) in [6.07, 6.45) is 0. The average molecular weight is 219 g/mol. The Kier molecular flexibility index (Phi) is 2.39. The minimum Gasteiger partial charge on any atom is -0.324 e. The van der Waals surface area contributed by atoms with E-state index < -0.39 is 0 Å². The van der Waals surface area contributed by atoms with Gasteiger partial charge in [-0.05, 0) is 23.1 Å². The molecule has 0 spiro atoms. The highest BCUT2D eigenvalue weighted by molar-refractivity contribution is 5.75. The lowest BCUT2D eigenvalue weighted by atomic mass is 9.83. The molecule has 1 atom stereocenters. The van der Waals surface area contributed by atoms with Crippen LogP contribution in [0.3, 0.4) is 0 Å². The summed E-state index contributed by atoms with van der Waals surface area (Å²) in [4.78, 5) is 16.6. The van der Waals surface area contributed by atoms with Gasteiger partial charge < -0.3 is 15.7 Å². The number of hydrogen-bond acceptors (Lipinski definition) is 2. The summed E-state index contributed by atoms with van der Waals surface area (Å²) in [5, 5.41) is 0. The largest absolute Gasteiger partial charge is 0.324 e. The average Bonchev–Trinajstić information content (AvgIpc) is 2.54. The fraction of sp³-hybridized carbons (Fsp3) is 0.417. The Morgan fingerprint density at radius 2 is 1.81 bits per heavy atom. The van der Waals surface area contributed by atoms with E-state index in [2.05, 4.69) is 30.7 Å². The van der Waals surface area contributed by atoms with Crippen LogP contribution in [-0.4, -0.2) is 9.97 Å². The third-order valence-corrected chi connectivity index (χ3v) is 2.83. The molecule has 0 radical (unpaired) electrons. The van der Waals surface area contributed by atoms with Crippen LogP contribution in [0.1, 0.15) is 32.4 Å². The van der Waals surface area contributed by atoms with Crippen LogP contribution >= 0.6 is 0 Å². The Bertz CT molecular complexity index is 559. The van der Waals surface area contributed by atoms with E-state index in [1.165, 1.54) is 0 Å². The number of hydrogen-bond donors (Lipinski definition) is 3. The van der Waals surface area contributed by atoms with E-state index >= 15 is 0 Å². The zero-order valence-electron chi connectivity index (χ0n) is 9.79. The summed E-state index contributed by atoms with van der Waals surface area (Å²) in [6.45, 7) is 6.30. The van der Waals surface area contributed by atoms with Gasteiger partial charge in [0, 0.05) is 6.04 Å². The third-order valence-electron chi connectivity index (χ3n) is 2.83. The van der Waals surface area contributed by atoms with Crippen molar-refractivity contribution in [3.8, 4) is 0 Å². The van der Waals surface area contributed by atoms with Crippen molar-refractivity contribution in [2.24, 2.45) is 11.1 Å². The van der Waals surface area contributed by atoms with E-state index in [1.807, 2.05) is 18.2 Å². The molecule has 1 heterocycles. The maximum absolute atomic E-state index is 11.1. The second-order valence-electron chi connectivity index (χ2n) is 5.23. The van der Waals surface area contributed by atoms with Gasteiger partial charge in [0.2, 0.25) is 0 Å². The van der Waals surface area contributed by atoms with Gasteiger partial charge in [-0.1, -0.05) is 26.8 Å². The Balaban J connectivity index is 2.50. The van der Waals surface area contributed by atoms with Crippen LogP contribution in [0.5, 0.6) is 0 Å². The number of imidazole rings is 1. The molecule has 1 unspecified atom stereocenters. The molecule has 4 N–H and O–H groups in total. The van der Waals surface area contributed by atoms with Gasteiger partial charge in [0.1, 0.15) is 0 Å². The quantitative estimate of drug-likeness (QED) is 0.685. The molecule has 0 saturated heterocycles. The van der Waals surface area contributed by atoms with Crippen LogP contribution in [0.15, 0.2) is 23.0 Å². The topological polar surface area (TPSA) is 74.7 Å². The summed E-state index contributed by atoms with van der Waals surface area (Å²) in [6, 6.07) is 5.73. The lowest BCUT2D eigenvalue weighted by Gasteiger charge is -2.27. The summed E-state index contributed by atoms with van der Waals surface area (Å²) < 4.78 is 0. The molecule has 0 aliphatic heterocycles. The minimum absolute atomic E-state index is 0.00424. The van der Waals surface area contributed by atoms with Gasteiger partial charge >= 0.3 is 5.69 Å². The lowest BCUT2D eigenvalue weighted by molar-refractivity contribution is 0.327. The molecular formula is C12H17N3O. The first-order valence-corrected chi connectivity index (χ1v) is 5.35. The smallest absolute Gasteiger partial charge is 0.323 e. The van der Waals surface area contributed by atoms with Crippen LogP contribution in [0.2, 0.25) is 0 Å². The Morgan fingerprint density at radius 1 is 1.19 bits per heavy atom. The Labute approximate surface area is 93.9 Å². The van der Waals surface area contributed by atoms with Gasteiger partial charge in [0.25, 0.3) is 0 Å². The van der Waals surface area contributed by atoms with Gasteiger partial charge in [-0.2, -0.15) is 0 Å². The van der Waals surface area contributed by atoms with E-state index in [9.17, 15) is 4.79 Å². The molecule has 1 aromatic carbocycles. The van der Waals surface area contributed by atoms with E-state index in [4.69, 9.17) is 5.73 Å². The number of aromatic amines is 2. The molecule has 86 valence electrons. The number of fused-ring (bicyclic) bond motifs is 1. The van der Waals surface area contributed by atoms with Crippen LogP contribution in [0, 0.1) is 5.41 Å². The predicted octanol–water partition coefficient (Wildman–Crippen LogP) is 1.90. The normalized spacial score (nSPS) is 14.2. The molecule has 0 amide bonds. The zero-order valence-corrected chi connectivity index (χ0v) is 9.79. The number of H-pyrrole nitrogens is 2. The fourth-order valence-corrected chi connectivity index (χ4v) is 1.74. The number of nitrogens with one attached hydrogen (secondary N) is 2. The first-order valence-electron chi connectivity index (χ1n) is 5.35. The molecular weight excluding hydrogens is 202 g/mol. The van der Waals surface area contributed by atoms with Crippen LogP contribution in [0.25, 0.3) is 11.0 Å². The molecule has 16 heavy (non-hydrogen) atoms. The molecule has 2 rings (SSSR count). The Morgan fingerprint density at radius 3 is 2.44 bits per heavy atom. The highest BCUT2D eigenvalue weighted by Gasteiger charge is 2.22. The molecule has 4 heteroatoms. The first-order chi connectivity index (χ1) is 7.38. The molecule has 0 bridgehead atoms. The zero-order chi connectivity index (χ0) is 11.9. The first kappa shape index (κ1) is 11.0. The third kappa shape index (κ3) is 1.88. The van der Waals surface area contributed by atoms with E-state index in [1.54, 1.807) is 0 Å². The van der Waals surface area contributed by atoms with Crippen molar-refractivity contribution in [1.29, 1.82) is 0 Å². The van der Waals surface area contributed by atoms with E-state index in [-0.39, 0.29) is 17.1 Å². The standard InChI is InChI=1S/C12H17N3O/c1-12(2,3)10(13)7-4-5-8-9(6-7)15-11(16)14-8/h4-6,10H,13H2,1-3H3,(H2,14,15,16). The van der Waals surface area contributed by atoms with E-state index in [0.717, 1.165) is 16.6 Å². The SMILES string of the molecule is CC(C)(C)C(N)c1ccc2[nH]c(=O)[nH]c2c1. The van der Waals surface area contributed by atoms with E-state index in [0.29, 0.717) is 0 Å². The molecule has 0 saturated carbocycles. The van der Waals surface area contributed by atoms with Gasteiger partial charge in [0.05, 0.1) is 11.0 Å². The molecule has 1 aromatic heterocycles. The van der Waals surface area contributed by atoms with Gasteiger partial charge in [0.15, 0.2) is 0 Å². The van der Waals surface area contributed by atoms with Crippen LogP contribution in [0.4, 0.5) is 0 Å². The van der Waals surface area contributed by atoms with Crippen molar-refractivity contribution < 1.29 is 0 Å². The van der Waals surface area contributed by atoms with Crippen molar-refractivity contribution in [2.75, 3.05) is 0 Å². The molecule has 0 aliphatic carbocycles. The summed E-state index contributed by atoms with van der Waals surface area (Å²) in [7, 11) is 0. The van der Waals surface area contributed by atoms with Crippen LogP contribution < -0.4 is 11.4 Å². The molecule has 2 aromatic rings. The Hall–Kier alpha value is -1.55. The second kappa shape index (κ2) is 3.49. The molecule has 4 nitrogen and oxygen atoms in total.